The predicted octanol–water partition coefficient (Wildman–Crippen LogP) is 1.98. The first-order valence-corrected chi connectivity index (χ1v) is 8.66. The zero-order valence-corrected chi connectivity index (χ0v) is 14.6. The van der Waals surface area contributed by atoms with Crippen molar-refractivity contribution in [1.29, 1.82) is 0 Å². The van der Waals surface area contributed by atoms with E-state index in [-0.39, 0.29) is 30.8 Å². The summed E-state index contributed by atoms with van der Waals surface area (Å²) in [6.45, 7) is 4.96. The number of amides is 2. The Morgan fingerprint density at radius 2 is 2.00 bits per heavy atom. The maximum atomic E-state index is 12.4. The summed E-state index contributed by atoms with van der Waals surface area (Å²) in [5, 5.41) is 9.09. The largest absolute Gasteiger partial charge is 0.481 e. The van der Waals surface area contributed by atoms with Crippen LogP contribution < -0.4 is 0 Å². The lowest BCUT2D eigenvalue weighted by Gasteiger charge is -2.32. The first kappa shape index (κ1) is 19.5. The number of unbranched alkanes of at least 4 members (excludes halogenated alkanes) is 1. The topological polar surface area (TPSA) is 77.9 Å². The van der Waals surface area contributed by atoms with Crippen molar-refractivity contribution in [3.05, 3.63) is 0 Å². The molecular formula is C17H30N2O4. The number of nitrogens with zero attached hydrogens (tertiary/aromatic N) is 2. The number of carbonyl (C=O) groups excluding carboxylic acids is 2. The molecule has 2 atom stereocenters. The maximum Gasteiger partial charge on any atom is 0.308 e. The number of likely N-dealkylation sites (tertiary alicyclic amines) is 1. The molecule has 0 radical (unpaired) electrons. The van der Waals surface area contributed by atoms with Gasteiger partial charge in [0.1, 0.15) is 0 Å². The molecule has 1 N–H and O–H groups in total. The molecule has 23 heavy (non-hydrogen) atoms. The molecule has 132 valence electrons. The van der Waals surface area contributed by atoms with Crippen molar-refractivity contribution >= 4 is 17.8 Å². The second-order valence-electron chi connectivity index (χ2n) is 6.46. The number of rotatable bonds is 8. The van der Waals surface area contributed by atoms with Gasteiger partial charge in [0.05, 0.1) is 12.5 Å². The Bertz CT molecular complexity index is 425. The standard InChI is InChI=1S/C17H30N2O4/c1-4-6-8-13(5-2)16(21)18(3)12-15(20)19-10-7-9-14(11-19)17(22)23/h13-14H,4-12H2,1-3H3,(H,22,23). The smallest absolute Gasteiger partial charge is 0.308 e. The van der Waals surface area contributed by atoms with Gasteiger partial charge >= 0.3 is 5.97 Å². The number of hydrogen-bond donors (Lipinski definition) is 1. The summed E-state index contributed by atoms with van der Waals surface area (Å²) in [5.41, 5.74) is 0. The lowest BCUT2D eigenvalue weighted by Crippen LogP contribution is -2.47. The number of hydrogen-bond acceptors (Lipinski definition) is 3. The third-order valence-corrected chi connectivity index (χ3v) is 4.62. The van der Waals surface area contributed by atoms with Crippen LogP contribution in [0.15, 0.2) is 0 Å². The van der Waals surface area contributed by atoms with E-state index in [4.69, 9.17) is 5.11 Å². The number of piperidine rings is 1. The van der Waals surface area contributed by atoms with E-state index >= 15 is 0 Å². The van der Waals surface area contributed by atoms with Crippen molar-refractivity contribution < 1.29 is 19.5 Å². The highest BCUT2D eigenvalue weighted by molar-refractivity contribution is 5.86. The van der Waals surface area contributed by atoms with E-state index in [0.29, 0.717) is 19.4 Å². The fourth-order valence-electron chi connectivity index (χ4n) is 3.05. The van der Waals surface area contributed by atoms with E-state index in [9.17, 15) is 14.4 Å². The molecule has 1 aliphatic rings. The summed E-state index contributed by atoms with van der Waals surface area (Å²) in [6, 6.07) is 0. The van der Waals surface area contributed by atoms with Crippen molar-refractivity contribution in [2.24, 2.45) is 11.8 Å². The molecule has 2 amide bonds. The summed E-state index contributed by atoms with van der Waals surface area (Å²) in [5.74, 6) is -1.50. The van der Waals surface area contributed by atoms with Crippen LogP contribution in [0.5, 0.6) is 0 Å². The van der Waals surface area contributed by atoms with Crippen LogP contribution in [0.4, 0.5) is 0 Å². The lowest BCUT2D eigenvalue weighted by atomic mass is 9.97. The molecule has 6 heteroatoms. The minimum Gasteiger partial charge on any atom is -0.481 e. The second kappa shape index (κ2) is 9.53. The summed E-state index contributed by atoms with van der Waals surface area (Å²) >= 11 is 0. The second-order valence-corrected chi connectivity index (χ2v) is 6.46. The Morgan fingerprint density at radius 1 is 1.30 bits per heavy atom. The van der Waals surface area contributed by atoms with Gasteiger partial charge in [0.25, 0.3) is 0 Å². The SMILES string of the molecule is CCCCC(CC)C(=O)N(C)CC(=O)N1CCCC(C(=O)O)C1. The number of carboxylic acids is 1. The molecule has 0 bridgehead atoms. The van der Waals surface area contributed by atoms with Gasteiger partial charge in [0.15, 0.2) is 0 Å². The molecule has 1 fully saturated rings. The van der Waals surface area contributed by atoms with Gasteiger partial charge in [-0.1, -0.05) is 26.7 Å². The van der Waals surface area contributed by atoms with Gasteiger partial charge in [-0.15, -0.1) is 0 Å². The monoisotopic (exact) mass is 326 g/mol. The average molecular weight is 326 g/mol. The van der Waals surface area contributed by atoms with Gasteiger partial charge in [-0.05, 0) is 25.7 Å². The molecule has 0 saturated carbocycles. The fraction of sp³-hybridized carbons (Fsp3) is 0.824. The first-order valence-electron chi connectivity index (χ1n) is 8.66. The van der Waals surface area contributed by atoms with E-state index in [0.717, 1.165) is 25.7 Å². The fourth-order valence-corrected chi connectivity index (χ4v) is 3.05. The Morgan fingerprint density at radius 3 is 2.57 bits per heavy atom. The summed E-state index contributed by atoms with van der Waals surface area (Å²) in [6.07, 6.45) is 5.02. The molecule has 2 unspecified atom stereocenters. The Labute approximate surface area is 138 Å². The van der Waals surface area contributed by atoms with Crippen LogP contribution >= 0.6 is 0 Å². The zero-order valence-electron chi connectivity index (χ0n) is 14.6. The molecule has 1 saturated heterocycles. The van der Waals surface area contributed by atoms with Crippen molar-refractivity contribution in [2.75, 3.05) is 26.7 Å². The summed E-state index contributed by atoms with van der Waals surface area (Å²) in [7, 11) is 1.66. The normalized spacial score (nSPS) is 19.3. The number of carboxylic acid groups (broad SMARTS) is 1. The van der Waals surface area contributed by atoms with Crippen molar-refractivity contribution in [2.45, 2.75) is 52.4 Å². The van der Waals surface area contributed by atoms with Crippen LogP contribution in [0.1, 0.15) is 52.4 Å². The molecule has 1 heterocycles. The highest BCUT2D eigenvalue weighted by atomic mass is 16.4. The summed E-state index contributed by atoms with van der Waals surface area (Å²) in [4.78, 5) is 38.9. The van der Waals surface area contributed by atoms with E-state index < -0.39 is 11.9 Å². The molecule has 1 aliphatic heterocycles. The van der Waals surface area contributed by atoms with E-state index in [1.165, 1.54) is 4.90 Å². The molecule has 1 rings (SSSR count). The van der Waals surface area contributed by atoms with Crippen LogP contribution in [0, 0.1) is 11.8 Å². The summed E-state index contributed by atoms with van der Waals surface area (Å²) < 4.78 is 0. The quantitative estimate of drug-likeness (QED) is 0.740. The Kier molecular flexibility index (Phi) is 8.06. The highest BCUT2D eigenvalue weighted by Gasteiger charge is 2.29. The predicted molar refractivity (Wildman–Crippen MR) is 87.9 cm³/mol. The molecule has 6 nitrogen and oxygen atoms in total. The van der Waals surface area contributed by atoms with Crippen molar-refractivity contribution in [3.8, 4) is 0 Å². The molecule has 0 spiro atoms. The van der Waals surface area contributed by atoms with Crippen LogP contribution in [-0.4, -0.2) is 59.4 Å². The van der Waals surface area contributed by atoms with Crippen LogP contribution in [-0.2, 0) is 14.4 Å². The maximum absolute atomic E-state index is 12.4. The van der Waals surface area contributed by atoms with E-state index in [2.05, 4.69) is 6.92 Å². The third-order valence-electron chi connectivity index (χ3n) is 4.62. The lowest BCUT2D eigenvalue weighted by molar-refractivity contribution is -0.148. The molecule has 0 aromatic carbocycles. The van der Waals surface area contributed by atoms with E-state index in [1.807, 2.05) is 6.92 Å². The van der Waals surface area contributed by atoms with Crippen LogP contribution in [0.25, 0.3) is 0 Å². The van der Waals surface area contributed by atoms with Crippen LogP contribution in [0.3, 0.4) is 0 Å². The van der Waals surface area contributed by atoms with Gasteiger partial charge in [-0.2, -0.15) is 0 Å². The molecule has 0 aliphatic carbocycles. The molecule has 0 aromatic heterocycles. The van der Waals surface area contributed by atoms with Crippen LogP contribution in [0.2, 0.25) is 0 Å². The average Bonchev–Trinajstić information content (AvgIpc) is 2.55. The zero-order chi connectivity index (χ0) is 17.4. The first-order chi connectivity index (χ1) is 10.9. The van der Waals surface area contributed by atoms with E-state index in [1.54, 1.807) is 11.9 Å². The van der Waals surface area contributed by atoms with Crippen molar-refractivity contribution in [3.63, 3.8) is 0 Å². The number of likely N-dealkylation sites (N-methyl/N-ethyl adjacent to an activating group) is 1. The highest BCUT2D eigenvalue weighted by Crippen LogP contribution is 2.18. The van der Waals surface area contributed by atoms with Gasteiger partial charge in [-0.25, -0.2) is 0 Å². The van der Waals surface area contributed by atoms with Gasteiger partial charge in [0.2, 0.25) is 11.8 Å². The minimum absolute atomic E-state index is 0.0149. The molecular weight excluding hydrogens is 296 g/mol. The minimum atomic E-state index is -0.849. The third kappa shape index (κ3) is 5.84. The molecule has 0 aromatic rings. The van der Waals surface area contributed by atoms with Gasteiger partial charge in [-0.3, -0.25) is 14.4 Å². The number of aliphatic carboxylic acids is 1. The number of carbonyl (C=O) groups is 3. The van der Waals surface area contributed by atoms with Gasteiger partial charge in [0, 0.05) is 26.1 Å². The Hall–Kier alpha value is -1.59. The Balaban J connectivity index is 2.54. The van der Waals surface area contributed by atoms with Gasteiger partial charge < -0.3 is 14.9 Å². The van der Waals surface area contributed by atoms with Crippen molar-refractivity contribution in [1.82, 2.24) is 9.80 Å².